The molecule has 8 heteroatoms. The highest BCUT2D eigenvalue weighted by atomic mass is 32.1. The van der Waals surface area contributed by atoms with E-state index >= 15 is 0 Å². The van der Waals surface area contributed by atoms with Crippen molar-refractivity contribution in [1.82, 2.24) is 25.1 Å². The van der Waals surface area contributed by atoms with Gasteiger partial charge in [-0.15, -0.1) is 11.3 Å². The smallest absolute Gasteiger partial charge is 0.169 e. The minimum Gasteiger partial charge on any atom is -0.397 e. The monoisotopic (exact) mass is 450 g/mol. The average molecular weight is 451 g/mol. The lowest BCUT2D eigenvalue weighted by molar-refractivity contribution is 0.102. The van der Waals surface area contributed by atoms with Crippen LogP contribution in [0.3, 0.4) is 0 Å². The van der Waals surface area contributed by atoms with Crippen molar-refractivity contribution in [1.29, 1.82) is 0 Å². The van der Waals surface area contributed by atoms with E-state index in [1.165, 1.54) is 11.3 Å². The fourth-order valence-electron chi connectivity index (χ4n) is 4.01. The number of Topliss-reactive ketones (excluding diaryl/α,β-unsaturated/α-hetero) is 1. The van der Waals surface area contributed by atoms with E-state index in [2.05, 4.69) is 32.3 Å². The summed E-state index contributed by atoms with van der Waals surface area (Å²) >= 11 is 1.51. The van der Waals surface area contributed by atoms with Gasteiger partial charge in [0.1, 0.15) is 11.2 Å². The van der Waals surface area contributed by atoms with E-state index in [1.54, 1.807) is 19.3 Å². The van der Waals surface area contributed by atoms with Crippen molar-refractivity contribution < 1.29 is 4.79 Å². The number of aromatic nitrogens is 5. The Kier molecular flexibility index (Phi) is 4.34. The average Bonchev–Trinajstić information content (AvgIpc) is 3.55. The number of carbonyl (C=O) groups is 1. The molecule has 0 aliphatic heterocycles. The van der Waals surface area contributed by atoms with Crippen LogP contribution in [-0.4, -0.2) is 30.9 Å². The van der Waals surface area contributed by atoms with Gasteiger partial charge in [-0.2, -0.15) is 5.10 Å². The second-order valence-electron chi connectivity index (χ2n) is 7.84. The van der Waals surface area contributed by atoms with Gasteiger partial charge >= 0.3 is 0 Å². The van der Waals surface area contributed by atoms with Gasteiger partial charge in [-0.3, -0.25) is 14.9 Å². The van der Waals surface area contributed by atoms with Crippen molar-refractivity contribution in [3.8, 4) is 33.1 Å². The lowest BCUT2D eigenvalue weighted by Crippen LogP contribution is -1.90. The molecule has 0 atom stereocenters. The molecule has 160 valence electrons. The maximum absolute atomic E-state index is 11.8. The number of rotatable bonds is 4. The summed E-state index contributed by atoms with van der Waals surface area (Å²) in [6.45, 7) is 1.59. The van der Waals surface area contributed by atoms with E-state index in [0.717, 1.165) is 59.9 Å². The Balaban J connectivity index is 1.48. The minimum absolute atomic E-state index is 0.0772. The van der Waals surface area contributed by atoms with Gasteiger partial charge in [0.05, 0.1) is 27.5 Å². The summed E-state index contributed by atoms with van der Waals surface area (Å²) < 4.78 is 0. The van der Waals surface area contributed by atoms with Gasteiger partial charge in [-0.05, 0) is 49.4 Å². The van der Waals surface area contributed by atoms with E-state index in [0.29, 0.717) is 5.69 Å². The zero-order chi connectivity index (χ0) is 22.5. The number of pyridine rings is 2. The topological polar surface area (TPSA) is 113 Å². The van der Waals surface area contributed by atoms with Crippen molar-refractivity contribution in [2.45, 2.75) is 6.92 Å². The number of ketones is 1. The molecule has 0 spiro atoms. The van der Waals surface area contributed by atoms with E-state index in [9.17, 15) is 4.79 Å². The van der Waals surface area contributed by atoms with Crippen LogP contribution in [-0.2, 0) is 0 Å². The summed E-state index contributed by atoms with van der Waals surface area (Å²) in [7, 11) is 0. The van der Waals surface area contributed by atoms with Crippen LogP contribution < -0.4 is 5.73 Å². The number of carbonyl (C=O) groups excluding carboxylic acids is 1. The Bertz CT molecular complexity index is 1680. The second kappa shape index (κ2) is 7.39. The number of benzene rings is 1. The van der Waals surface area contributed by atoms with Gasteiger partial charge < -0.3 is 10.7 Å². The molecule has 7 nitrogen and oxygen atoms in total. The molecule has 0 bridgehead atoms. The number of H-pyrrole nitrogens is 2. The van der Waals surface area contributed by atoms with Crippen LogP contribution in [0.5, 0.6) is 0 Å². The third-order valence-electron chi connectivity index (χ3n) is 5.60. The first-order valence-electron chi connectivity index (χ1n) is 10.4. The van der Waals surface area contributed by atoms with E-state index in [1.807, 2.05) is 42.5 Å². The van der Waals surface area contributed by atoms with Gasteiger partial charge in [0.2, 0.25) is 0 Å². The summed E-state index contributed by atoms with van der Waals surface area (Å²) in [6, 6.07) is 17.8. The normalized spacial score (nSPS) is 11.4. The summed E-state index contributed by atoms with van der Waals surface area (Å²) in [4.78, 5) is 26.1. The summed E-state index contributed by atoms with van der Waals surface area (Å²) in [5, 5.41) is 8.68. The molecule has 0 unspecified atom stereocenters. The molecule has 33 heavy (non-hydrogen) atoms. The maximum atomic E-state index is 11.8. The van der Waals surface area contributed by atoms with Crippen LogP contribution in [0.1, 0.15) is 16.6 Å². The predicted molar refractivity (Wildman–Crippen MR) is 132 cm³/mol. The van der Waals surface area contributed by atoms with Gasteiger partial charge in [0.25, 0.3) is 0 Å². The molecular weight excluding hydrogens is 432 g/mol. The van der Waals surface area contributed by atoms with Gasteiger partial charge in [-0.25, -0.2) is 4.98 Å². The Morgan fingerprint density at radius 1 is 1.03 bits per heavy atom. The van der Waals surface area contributed by atoms with E-state index in [4.69, 9.17) is 10.7 Å². The predicted octanol–water partition coefficient (Wildman–Crippen LogP) is 5.68. The lowest BCUT2D eigenvalue weighted by atomic mass is 10.1. The molecule has 1 aromatic carbocycles. The highest BCUT2D eigenvalue weighted by molar-refractivity contribution is 7.17. The Morgan fingerprint density at radius 3 is 2.76 bits per heavy atom. The molecule has 0 saturated carbocycles. The first-order valence-corrected chi connectivity index (χ1v) is 11.2. The molecule has 5 heterocycles. The van der Waals surface area contributed by atoms with Crippen LogP contribution in [0, 0.1) is 0 Å². The zero-order valence-corrected chi connectivity index (χ0v) is 18.4. The molecular formula is C25H18N6OS. The van der Waals surface area contributed by atoms with Crippen LogP contribution in [0.2, 0.25) is 0 Å². The highest BCUT2D eigenvalue weighted by Gasteiger charge is 2.16. The van der Waals surface area contributed by atoms with Crippen LogP contribution in [0.4, 0.5) is 5.69 Å². The number of nitrogens with one attached hydrogen (secondary N) is 2. The van der Waals surface area contributed by atoms with Crippen molar-refractivity contribution in [2.24, 2.45) is 0 Å². The fourth-order valence-corrected chi connectivity index (χ4v) is 4.96. The SMILES string of the molecule is CC(=O)c1ccc(-c2cccc3[nH]c(-c4n[nH]c5ccc(-c6cncc(N)c6)nc45)cc23)s1. The van der Waals surface area contributed by atoms with E-state index < -0.39 is 0 Å². The quantitative estimate of drug-likeness (QED) is 0.299. The van der Waals surface area contributed by atoms with Crippen molar-refractivity contribution >= 4 is 44.7 Å². The summed E-state index contributed by atoms with van der Waals surface area (Å²) in [5.41, 5.74) is 13.4. The molecule has 0 amide bonds. The highest BCUT2D eigenvalue weighted by Crippen LogP contribution is 2.37. The zero-order valence-electron chi connectivity index (χ0n) is 17.6. The number of fused-ring (bicyclic) bond motifs is 2. The van der Waals surface area contributed by atoms with Crippen LogP contribution in [0.25, 0.3) is 55.0 Å². The fraction of sp³-hybridized carbons (Fsp3) is 0.0400. The molecule has 6 rings (SSSR count). The van der Waals surface area contributed by atoms with Crippen LogP contribution >= 0.6 is 11.3 Å². The number of aromatic amines is 2. The number of hydrogen-bond acceptors (Lipinski definition) is 6. The third kappa shape index (κ3) is 3.28. The van der Waals surface area contributed by atoms with Crippen molar-refractivity contribution in [2.75, 3.05) is 5.73 Å². The Labute approximate surface area is 192 Å². The molecule has 0 saturated heterocycles. The van der Waals surface area contributed by atoms with Crippen LogP contribution in [0.15, 0.2) is 67.0 Å². The Hall–Kier alpha value is -4.30. The number of nitrogen functional groups attached to an aromatic ring is 1. The maximum Gasteiger partial charge on any atom is 0.169 e. The molecule has 0 fully saturated rings. The first-order chi connectivity index (χ1) is 16.1. The van der Waals surface area contributed by atoms with Gasteiger partial charge in [0, 0.05) is 39.3 Å². The van der Waals surface area contributed by atoms with E-state index in [-0.39, 0.29) is 5.78 Å². The first kappa shape index (κ1) is 19.4. The van der Waals surface area contributed by atoms with Gasteiger partial charge in [-0.1, -0.05) is 12.1 Å². The number of nitrogens with zero attached hydrogens (tertiary/aromatic N) is 3. The minimum atomic E-state index is 0.0772. The number of anilines is 1. The number of thiophene rings is 1. The second-order valence-corrected chi connectivity index (χ2v) is 8.93. The molecule has 0 radical (unpaired) electrons. The summed E-state index contributed by atoms with van der Waals surface area (Å²) in [6.07, 6.45) is 3.36. The van der Waals surface area contributed by atoms with Crippen molar-refractivity contribution in [3.63, 3.8) is 0 Å². The molecule has 5 aromatic heterocycles. The standard InChI is InChI=1S/C25H18N6OS/c1-13(32)22-7-8-23(33-22)16-3-2-4-19-17(16)10-21(28-19)25-24-20(30-31-25)6-5-18(29-24)14-9-15(26)12-27-11-14/h2-12,28H,26H2,1H3,(H,30,31). The number of nitrogens with two attached hydrogens (primary N) is 1. The number of hydrogen-bond donors (Lipinski definition) is 3. The molecule has 6 aromatic rings. The Morgan fingerprint density at radius 2 is 1.94 bits per heavy atom. The van der Waals surface area contributed by atoms with Gasteiger partial charge in [0.15, 0.2) is 5.78 Å². The molecule has 0 aliphatic rings. The molecule has 0 aliphatic carbocycles. The largest absolute Gasteiger partial charge is 0.397 e. The summed E-state index contributed by atoms with van der Waals surface area (Å²) in [5.74, 6) is 0.0772. The lowest BCUT2D eigenvalue weighted by Gasteiger charge is -2.02. The molecule has 4 N–H and O–H groups in total. The van der Waals surface area contributed by atoms with Crippen molar-refractivity contribution in [3.05, 3.63) is 71.9 Å². The third-order valence-corrected chi connectivity index (χ3v) is 6.82.